The highest BCUT2D eigenvalue weighted by Crippen LogP contribution is 2.48. The fourth-order valence-corrected chi connectivity index (χ4v) is 2.65. The molecule has 122 valence electrons. The predicted molar refractivity (Wildman–Crippen MR) is 87.6 cm³/mol. The van der Waals surface area contributed by atoms with Gasteiger partial charge in [-0.15, -0.1) is 0 Å². The van der Waals surface area contributed by atoms with Crippen molar-refractivity contribution in [3.05, 3.63) is 25.1 Å². The summed E-state index contributed by atoms with van der Waals surface area (Å²) in [7, 11) is 0. The van der Waals surface area contributed by atoms with Crippen LogP contribution in [-0.4, -0.2) is 18.5 Å². The van der Waals surface area contributed by atoms with Crippen molar-refractivity contribution in [2.75, 3.05) is 6.61 Å². The van der Waals surface area contributed by atoms with Gasteiger partial charge in [0.25, 0.3) is 0 Å². The maximum Gasteiger partial charge on any atom is 0.311 e. The molecule has 0 spiro atoms. The minimum atomic E-state index is -0.637. The second kappa shape index (κ2) is 9.04. The van der Waals surface area contributed by atoms with Gasteiger partial charge in [0, 0.05) is 12.8 Å². The second-order valence-electron chi connectivity index (χ2n) is 4.03. The first-order valence-corrected chi connectivity index (χ1v) is 8.06. The Morgan fingerprint density at radius 2 is 1.27 bits per heavy atom. The third kappa shape index (κ3) is 5.07. The van der Waals surface area contributed by atoms with Gasteiger partial charge in [-0.3, -0.25) is 9.59 Å². The Kier molecular flexibility index (Phi) is 8.08. The molecule has 0 radical (unpaired) electrons. The zero-order chi connectivity index (χ0) is 16.9. The Labute approximate surface area is 152 Å². The molecule has 0 aliphatic carbocycles. The van der Waals surface area contributed by atoms with E-state index in [-0.39, 0.29) is 62.7 Å². The van der Waals surface area contributed by atoms with Crippen molar-refractivity contribution in [2.24, 2.45) is 0 Å². The third-order valence-electron chi connectivity index (χ3n) is 2.45. The van der Waals surface area contributed by atoms with Gasteiger partial charge < -0.3 is 9.47 Å². The Balaban J connectivity index is 2.71. The summed E-state index contributed by atoms with van der Waals surface area (Å²) in [6.45, 7) is 1.99. The molecule has 1 aromatic rings. The van der Waals surface area contributed by atoms with Crippen LogP contribution in [0.25, 0.3) is 0 Å². The molecule has 0 aromatic heterocycles. The van der Waals surface area contributed by atoms with Crippen molar-refractivity contribution in [1.82, 2.24) is 0 Å². The molecule has 4 nitrogen and oxygen atoms in total. The molecule has 0 fully saturated rings. The molecule has 0 aliphatic heterocycles. The van der Waals surface area contributed by atoms with Crippen LogP contribution in [0.2, 0.25) is 25.1 Å². The van der Waals surface area contributed by atoms with Gasteiger partial charge in [-0.05, 0) is 13.3 Å². The average molecular weight is 408 g/mol. The number of benzene rings is 1. The van der Waals surface area contributed by atoms with Gasteiger partial charge >= 0.3 is 11.9 Å². The summed E-state index contributed by atoms with van der Waals surface area (Å²) < 4.78 is 9.79. The summed E-state index contributed by atoms with van der Waals surface area (Å²) in [6.07, 6.45) is 0.345. The number of carbonyl (C=O) groups excluding carboxylic acids is 2. The van der Waals surface area contributed by atoms with Gasteiger partial charge in [0.05, 0.1) is 21.7 Å². The molecule has 0 atom stereocenters. The van der Waals surface area contributed by atoms with E-state index in [0.29, 0.717) is 0 Å². The van der Waals surface area contributed by atoms with Crippen molar-refractivity contribution in [3.63, 3.8) is 0 Å². The number of hydrogen-bond donors (Lipinski definition) is 0. The van der Waals surface area contributed by atoms with Crippen molar-refractivity contribution in [3.8, 4) is 5.75 Å². The second-order valence-corrected chi connectivity index (χ2v) is 5.92. The Hall–Kier alpha value is -0.390. The monoisotopic (exact) mass is 406 g/mol. The lowest BCUT2D eigenvalue weighted by Crippen LogP contribution is -2.10. The zero-order valence-corrected chi connectivity index (χ0v) is 15.1. The van der Waals surface area contributed by atoms with Crippen molar-refractivity contribution < 1.29 is 19.1 Å². The van der Waals surface area contributed by atoms with E-state index in [1.54, 1.807) is 6.92 Å². The van der Waals surface area contributed by atoms with Crippen LogP contribution in [-0.2, 0) is 14.3 Å². The molecule has 0 aliphatic rings. The SMILES string of the molecule is CCOC(=O)CCCC(=O)Oc1c(Cl)c(Cl)c(Cl)c(Cl)c1Cl. The summed E-state index contributed by atoms with van der Waals surface area (Å²) >= 11 is 29.4. The molecule has 0 amide bonds. The smallest absolute Gasteiger partial charge is 0.311 e. The standard InChI is InChI=1S/C13H11Cl5O4/c1-2-21-6(19)4-3-5-7(20)22-13-11(17)9(15)8(14)10(16)12(13)18/h2-5H2,1H3. The summed E-state index contributed by atoms with van der Waals surface area (Å²) in [5.74, 6) is -1.18. The van der Waals surface area contributed by atoms with E-state index in [0.717, 1.165) is 0 Å². The van der Waals surface area contributed by atoms with Crippen LogP contribution in [0.3, 0.4) is 0 Å². The zero-order valence-electron chi connectivity index (χ0n) is 11.4. The molecular weight excluding hydrogens is 397 g/mol. The number of rotatable bonds is 6. The van der Waals surface area contributed by atoms with E-state index in [4.69, 9.17) is 67.5 Å². The minimum Gasteiger partial charge on any atom is -0.466 e. The quantitative estimate of drug-likeness (QED) is 0.266. The molecule has 1 rings (SSSR count). The lowest BCUT2D eigenvalue weighted by atomic mass is 10.2. The summed E-state index contributed by atoms with van der Waals surface area (Å²) in [4.78, 5) is 22.9. The normalized spacial score (nSPS) is 10.5. The number of hydrogen-bond acceptors (Lipinski definition) is 4. The molecular formula is C13H11Cl5O4. The van der Waals surface area contributed by atoms with Crippen LogP contribution < -0.4 is 4.74 Å². The highest BCUT2D eigenvalue weighted by Gasteiger charge is 2.22. The van der Waals surface area contributed by atoms with Gasteiger partial charge in [0.2, 0.25) is 0 Å². The summed E-state index contributed by atoms with van der Waals surface area (Å²) in [5, 5.41) is -0.376. The lowest BCUT2D eigenvalue weighted by molar-refractivity contribution is -0.143. The summed E-state index contributed by atoms with van der Waals surface area (Å²) in [6, 6.07) is 0. The summed E-state index contributed by atoms with van der Waals surface area (Å²) in [5.41, 5.74) is 0. The van der Waals surface area contributed by atoms with Crippen LogP contribution in [0.4, 0.5) is 0 Å². The largest absolute Gasteiger partial charge is 0.466 e. The minimum absolute atomic E-state index is 0.0245. The van der Waals surface area contributed by atoms with E-state index < -0.39 is 5.97 Å². The number of carbonyl (C=O) groups is 2. The Bertz CT molecular complexity index is 559. The Morgan fingerprint density at radius 3 is 1.77 bits per heavy atom. The molecule has 0 N–H and O–H groups in total. The van der Waals surface area contributed by atoms with E-state index in [2.05, 4.69) is 0 Å². The molecule has 0 saturated carbocycles. The maximum atomic E-state index is 11.8. The van der Waals surface area contributed by atoms with Crippen molar-refractivity contribution in [2.45, 2.75) is 26.2 Å². The van der Waals surface area contributed by atoms with E-state index in [9.17, 15) is 9.59 Å². The lowest BCUT2D eigenvalue weighted by Gasteiger charge is -2.12. The van der Waals surface area contributed by atoms with E-state index >= 15 is 0 Å². The first-order chi connectivity index (χ1) is 10.3. The molecule has 0 heterocycles. The highest BCUT2D eigenvalue weighted by atomic mass is 35.5. The molecule has 1 aromatic carbocycles. The first-order valence-electron chi connectivity index (χ1n) is 6.17. The van der Waals surface area contributed by atoms with Gasteiger partial charge in [-0.1, -0.05) is 58.0 Å². The van der Waals surface area contributed by atoms with Gasteiger partial charge in [0.15, 0.2) is 5.75 Å². The van der Waals surface area contributed by atoms with Crippen LogP contribution in [0, 0.1) is 0 Å². The van der Waals surface area contributed by atoms with E-state index in [1.165, 1.54) is 0 Å². The molecule has 0 bridgehead atoms. The van der Waals surface area contributed by atoms with Gasteiger partial charge in [0.1, 0.15) is 10.0 Å². The topological polar surface area (TPSA) is 52.6 Å². The molecule has 0 saturated heterocycles. The first kappa shape index (κ1) is 19.7. The predicted octanol–water partition coefficient (Wildman–Crippen LogP) is 5.59. The number of esters is 2. The number of halogens is 5. The van der Waals surface area contributed by atoms with Crippen molar-refractivity contribution in [1.29, 1.82) is 0 Å². The average Bonchev–Trinajstić information content (AvgIpc) is 2.48. The van der Waals surface area contributed by atoms with Crippen LogP contribution in [0.15, 0.2) is 0 Å². The Morgan fingerprint density at radius 1 is 0.818 bits per heavy atom. The van der Waals surface area contributed by atoms with Gasteiger partial charge in [-0.25, -0.2) is 0 Å². The number of ether oxygens (including phenoxy) is 2. The van der Waals surface area contributed by atoms with Gasteiger partial charge in [-0.2, -0.15) is 0 Å². The molecule has 9 heteroatoms. The molecule has 0 unspecified atom stereocenters. The van der Waals surface area contributed by atoms with Crippen LogP contribution >= 0.6 is 58.0 Å². The fourth-order valence-electron chi connectivity index (χ4n) is 1.45. The van der Waals surface area contributed by atoms with Crippen molar-refractivity contribution >= 4 is 69.9 Å². The van der Waals surface area contributed by atoms with Crippen LogP contribution in [0.1, 0.15) is 26.2 Å². The van der Waals surface area contributed by atoms with Crippen LogP contribution in [0.5, 0.6) is 5.75 Å². The third-order valence-corrected chi connectivity index (χ3v) is 4.69. The van der Waals surface area contributed by atoms with E-state index in [1.807, 2.05) is 0 Å². The fraction of sp³-hybridized carbons (Fsp3) is 0.385. The highest BCUT2D eigenvalue weighted by molar-refractivity contribution is 6.55. The molecule has 22 heavy (non-hydrogen) atoms. The maximum absolute atomic E-state index is 11.8.